The minimum atomic E-state index is -4.98. The molecule has 1 heterocycles. The van der Waals surface area contributed by atoms with Crippen LogP contribution in [-0.2, 0) is 9.59 Å². The van der Waals surface area contributed by atoms with Crippen LogP contribution in [0.2, 0.25) is 0 Å². The first kappa shape index (κ1) is 13.5. The van der Waals surface area contributed by atoms with Crippen LogP contribution in [0.15, 0.2) is 17.5 Å². The van der Waals surface area contributed by atoms with E-state index >= 15 is 0 Å². The third kappa shape index (κ3) is 4.06. The highest BCUT2D eigenvalue weighted by Gasteiger charge is 2.40. The molecule has 1 atom stereocenters. The molecule has 2 amide bonds. The third-order valence-corrected chi connectivity index (χ3v) is 2.84. The molecule has 0 radical (unpaired) electrons. The summed E-state index contributed by atoms with van der Waals surface area (Å²) in [5, 5.41) is 3.36. The summed E-state index contributed by atoms with van der Waals surface area (Å²) in [5.41, 5.74) is 4.92. The van der Waals surface area contributed by atoms with Gasteiger partial charge < -0.3 is 11.1 Å². The predicted molar refractivity (Wildman–Crippen MR) is 55.1 cm³/mol. The Hall–Kier alpha value is -1.57. The second-order valence-corrected chi connectivity index (χ2v) is 4.19. The summed E-state index contributed by atoms with van der Waals surface area (Å²) < 4.78 is 36.2. The molecule has 4 nitrogen and oxygen atoms in total. The number of nitrogens with two attached hydrogens (primary N) is 1. The van der Waals surface area contributed by atoms with Gasteiger partial charge in [-0.2, -0.15) is 13.2 Å². The Bertz CT molecular complexity index is 403. The maximum atomic E-state index is 12.1. The van der Waals surface area contributed by atoms with Crippen LogP contribution < -0.4 is 11.1 Å². The number of alkyl halides is 3. The van der Waals surface area contributed by atoms with E-state index in [1.54, 1.807) is 16.8 Å². The Labute approximate surface area is 98.6 Å². The van der Waals surface area contributed by atoms with Crippen LogP contribution in [0.5, 0.6) is 0 Å². The molecule has 0 saturated carbocycles. The first-order valence-electron chi connectivity index (χ1n) is 4.50. The fourth-order valence-corrected chi connectivity index (χ4v) is 1.93. The lowest BCUT2D eigenvalue weighted by Gasteiger charge is -2.16. The predicted octanol–water partition coefficient (Wildman–Crippen LogP) is 1.34. The summed E-state index contributed by atoms with van der Waals surface area (Å²) in [4.78, 5) is 21.9. The van der Waals surface area contributed by atoms with Crippen molar-refractivity contribution in [3.63, 3.8) is 0 Å². The number of primary amides is 1. The average molecular weight is 266 g/mol. The first-order chi connectivity index (χ1) is 7.80. The molecule has 1 aromatic rings. The zero-order valence-electron chi connectivity index (χ0n) is 8.45. The maximum absolute atomic E-state index is 12.1. The van der Waals surface area contributed by atoms with Crippen LogP contribution in [0.4, 0.5) is 13.2 Å². The summed E-state index contributed by atoms with van der Waals surface area (Å²) >= 11 is 1.14. The molecule has 8 heteroatoms. The molecule has 0 aromatic carbocycles. The van der Waals surface area contributed by atoms with Gasteiger partial charge in [0, 0.05) is 4.88 Å². The molecule has 17 heavy (non-hydrogen) atoms. The average Bonchev–Trinajstić information content (AvgIpc) is 2.66. The van der Waals surface area contributed by atoms with Crippen molar-refractivity contribution in [1.29, 1.82) is 0 Å². The number of hydrogen-bond acceptors (Lipinski definition) is 3. The van der Waals surface area contributed by atoms with Crippen LogP contribution in [0.3, 0.4) is 0 Å². The highest BCUT2D eigenvalue weighted by Crippen LogP contribution is 2.24. The van der Waals surface area contributed by atoms with Crippen LogP contribution >= 0.6 is 11.3 Å². The lowest BCUT2D eigenvalue weighted by Crippen LogP contribution is -2.40. The van der Waals surface area contributed by atoms with Crippen molar-refractivity contribution in [2.24, 2.45) is 5.73 Å². The van der Waals surface area contributed by atoms with Gasteiger partial charge in [0.1, 0.15) is 0 Å². The van der Waals surface area contributed by atoms with Gasteiger partial charge >= 0.3 is 12.1 Å². The summed E-state index contributed by atoms with van der Waals surface area (Å²) in [7, 11) is 0. The van der Waals surface area contributed by atoms with E-state index in [0.29, 0.717) is 4.88 Å². The molecule has 1 rings (SSSR count). The first-order valence-corrected chi connectivity index (χ1v) is 5.38. The molecule has 94 valence electrons. The van der Waals surface area contributed by atoms with Crippen LogP contribution in [-0.4, -0.2) is 18.0 Å². The smallest absolute Gasteiger partial charge is 0.370 e. The molecule has 0 unspecified atom stereocenters. The van der Waals surface area contributed by atoms with E-state index in [9.17, 15) is 22.8 Å². The molecule has 0 bridgehead atoms. The molecule has 0 aliphatic rings. The Kier molecular flexibility index (Phi) is 4.11. The highest BCUT2D eigenvalue weighted by molar-refractivity contribution is 7.10. The second kappa shape index (κ2) is 5.17. The molecule has 0 spiro atoms. The van der Waals surface area contributed by atoms with Crippen molar-refractivity contribution in [1.82, 2.24) is 5.32 Å². The molecule has 1 aromatic heterocycles. The van der Waals surface area contributed by atoms with Gasteiger partial charge in [0.15, 0.2) is 0 Å². The van der Waals surface area contributed by atoms with Crippen LogP contribution in [0.25, 0.3) is 0 Å². The van der Waals surface area contributed by atoms with Crippen molar-refractivity contribution in [2.75, 3.05) is 0 Å². The summed E-state index contributed by atoms with van der Waals surface area (Å²) in [6.07, 6.45) is -5.35. The molecule has 0 aliphatic carbocycles. The van der Waals surface area contributed by atoms with Crippen LogP contribution in [0.1, 0.15) is 17.3 Å². The lowest BCUT2D eigenvalue weighted by molar-refractivity contribution is -0.174. The van der Waals surface area contributed by atoms with E-state index in [1.807, 2.05) is 0 Å². The number of carbonyl (C=O) groups is 2. The van der Waals surface area contributed by atoms with Crippen molar-refractivity contribution in [3.05, 3.63) is 22.4 Å². The van der Waals surface area contributed by atoms with E-state index in [4.69, 9.17) is 5.73 Å². The summed E-state index contributed by atoms with van der Waals surface area (Å²) in [5.74, 6) is -2.87. The quantitative estimate of drug-likeness (QED) is 0.863. The number of hydrogen-bond donors (Lipinski definition) is 2. The minimum absolute atomic E-state index is 0.373. The standard InChI is InChI=1S/C9H9F3N2O2S/c10-9(11,12)8(16)14-5(4-7(13)15)6-2-1-3-17-6/h1-3,5H,4H2,(H2,13,15)(H,14,16)/t5-/m1/s1. The molecule has 3 N–H and O–H groups in total. The molecular formula is C9H9F3N2O2S. The van der Waals surface area contributed by atoms with E-state index in [-0.39, 0.29) is 6.42 Å². The van der Waals surface area contributed by atoms with Gasteiger partial charge in [0.2, 0.25) is 5.91 Å². The SMILES string of the molecule is NC(=O)C[C@@H](NC(=O)C(F)(F)F)c1cccs1. The minimum Gasteiger partial charge on any atom is -0.370 e. The molecular weight excluding hydrogens is 257 g/mol. The zero-order valence-corrected chi connectivity index (χ0v) is 9.27. The molecule has 0 fully saturated rings. The van der Waals surface area contributed by atoms with E-state index < -0.39 is 24.0 Å². The van der Waals surface area contributed by atoms with Gasteiger partial charge in [-0.25, -0.2) is 0 Å². The summed E-state index contributed by atoms with van der Waals surface area (Å²) in [6, 6.07) is 2.09. The largest absolute Gasteiger partial charge is 0.471 e. The van der Waals surface area contributed by atoms with E-state index in [2.05, 4.69) is 0 Å². The van der Waals surface area contributed by atoms with Crippen molar-refractivity contribution < 1.29 is 22.8 Å². The molecule has 0 aliphatic heterocycles. The van der Waals surface area contributed by atoms with Gasteiger partial charge in [0.05, 0.1) is 12.5 Å². The number of halogens is 3. The van der Waals surface area contributed by atoms with Gasteiger partial charge in [-0.3, -0.25) is 9.59 Å². The van der Waals surface area contributed by atoms with Crippen molar-refractivity contribution >= 4 is 23.2 Å². The fraction of sp³-hybridized carbons (Fsp3) is 0.333. The van der Waals surface area contributed by atoms with Crippen molar-refractivity contribution in [3.8, 4) is 0 Å². The fourth-order valence-electron chi connectivity index (χ4n) is 1.15. The van der Waals surface area contributed by atoms with E-state index in [1.165, 1.54) is 6.07 Å². The number of thiophene rings is 1. The van der Waals surface area contributed by atoms with Crippen LogP contribution in [0, 0.1) is 0 Å². The van der Waals surface area contributed by atoms with Gasteiger partial charge in [0.25, 0.3) is 0 Å². The van der Waals surface area contributed by atoms with Gasteiger partial charge in [-0.15, -0.1) is 11.3 Å². The third-order valence-electron chi connectivity index (χ3n) is 1.85. The van der Waals surface area contributed by atoms with E-state index in [0.717, 1.165) is 11.3 Å². The topological polar surface area (TPSA) is 72.2 Å². The highest BCUT2D eigenvalue weighted by atomic mass is 32.1. The second-order valence-electron chi connectivity index (χ2n) is 3.21. The number of carbonyl (C=O) groups excluding carboxylic acids is 2. The van der Waals surface area contributed by atoms with Gasteiger partial charge in [-0.1, -0.05) is 6.07 Å². The zero-order chi connectivity index (χ0) is 13.1. The Morgan fingerprint density at radius 3 is 2.53 bits per heavy atom. The maximum Gasteiger partial charge on any atom is 0.471 e. The monoisotopic (exact) mass is 266 g/mol. The van der Waals surface area contributed by atoms with Gasteiger partial charge in [-0.05, 0) is 11.4 Å². The lowest BCUT2D eigenvalue weighted by atomic mass is 10.1. The number of rotatable bonds is 4. The Morgan fingerprint density at radius 2 is 2.12 bits per heavy atom. The molecule has 0 saturated heterocycles. The number of amides is 2. The Balaban J connectivity index is 2.79. The number of nitrogens with one attached hydrogen (secondary N) is 1. The normalized spacial score (nSPS) is 13.1. The summed E-state index contributed by atoms with van der Waals surface area (Å²) in [6.45, 7) is 0. The Morgan fingerprint density at radius 1 is 1.47 bits per heavy atom. The van der Waals surface area contributed by atoms with Crippen molar-refractivity contribution in [2.45, 2.75) is 18.6 Å².